The summed E-state index contributed by atoms with van der Waals surface area (Å²) in [5.74, 6) is 0.507. The summed E-state index contributed by atoms with van der Waals surface area (Å²) in [6.45, 7) is 6.42. The van der Waals surface area contributed by atoms with Crippen LogP contribution in [0.1, 0.15) is 32.5 Å². The van der Waals surface area contributed by atoms with Crippen molar-refractivity contribution in [2.45, 2.75) is 33.4 Å². The fourth-order valence-corrected chi connectivity index (χ4v) is 1.62. The zero-order valence-corrected chi connectivity index (χ0v) is 9.06. The van der Waals surface area contributed by atoms with E-state index in [0.29, 0.717) is 16.7 Å². The van der Waals surface area contributed by atoms with E-state index in [2.05, 4.69) is 25.8 Å². The molecule has 74 valence electrons. The summed E-state index contributed by atoms with van der Waals surface area (Å²) in [6.07, 6.45) is 1.77. The Morgan fingerprint density at radius 2 is 2.15 bits per heavy atom. The first-order chi connectivity index (χ1) is 6.07. The summed E-state index contributed by atoms with van der Waals surface area (Å²) in [4.78, 5) is 2.94. The molecule has 1 rings (SSSR count). The van der Waals surface area contributed by atoms with E-state index in [-0.39, 0.29) is 6.61 Å². The summed E-state index contributed by atoms with van der Waals surface area (Å²) in [5.41, 5.74) is 0.853. The quantitative estimate of drug-likeness (QED) is 0.735. The van der Waals surface area contributed by atoms with Crippen molar-refractivity contribution in [3.8, 4) is 0 Å². The predicted octanol–water partition coefficient (Wildman–Crippen LogP) is 2.25. The van der Waals surface area contributed by atoms with Crippen LogP contribution in [0.4, 0.5) is 0 Å². The number of imidazole rings is 1. The second-order valence-corrected chi connectivity index (χ2v) is 3.98. The highest BCUT2D eigenvalue weighted by atomic mass is 32.1. The Labute approximate surface area is 83.4 Å². The van der Waals surface area contributed by atoms with Gasteiger partial charge >= 0.3 is 0 Å². The number of aliphatic hydroxyl groups is 1. The smallest absolute Gasteiger partial charge is 0.177 e. The summed E-state index contributed by atoms with van der Waals surface area (Å²) < 4.78 is 2.66. The lowest BCUT2D eigenvalue weighted by Crippen LogP contribution is -2.14. The van der Waals surface area contributed by atoms with Gasteiger partial charge in [-0.05, 0) is 25.1 Å². The van der Waals surface area contributed by atoms with E-state index < -0.39 is 0 Å². The number of aromatic amines is 1. The molecule has 0 aliphatic carbocycles. The lowest BCUT2D eigenvalue weighted by atomic mass is 10.1. The Morgan fingerprint density at radius 3 is 2.62 bits per heavy atom. The molecular weight excluding hydrogens is 184 g/mol. The third-order valence-electron chi connectivity index (χ3n) is 2.42. The minimum atomic E-state index is 0.0319. The molecule has 0 aliphatic heterocycles. The molecule has 0 aromatic carbocycles. The van der Waals surface area contributed by atoms with E-state index in [4.69, 9.17) is 17.3 Å². The minimum absolute atomic E-state index is 0.0319. The maximum atomic E-state index is 9.08. The number of nitrogens with one attached hydrogen (secondary N) is 1. The van der Waals surface area contributed by atoms with Gasteiger partial charge in [-0.25, -0.2) is 0 Å². The van der Waals surface area contributed by atoms with Crippen molar-refractivity contribution in [1.29, 1.82) is 0 Å². The fourth-order valence-electron chi connectivity index (χ4n) is 1.28. The van der Waals surface area contributed by atoms with E-state index >= 15 is 0 Å². The van der Waals surface area contributed by atoms with E-state index in [0.717, 1.165) is 5.69 Å². The van der Waals surface area contributed by atoms with Crippen LogP contribution in [0.15, 0.2) is 6.20 Å². The Balaban J connectivity index is 3.11. The van der Waals surface area contributed by atoms with E-state index in [1.54, 1.807) is 6.20 Å². The lowest BCUT2D eigenvalue weighted by molar-refractivity contribution is 0.260. The van der Waals surface area contributed by atoms with E-state index in [1.165, 1.54) is 0 Å². The van der Waals surface area contributed by atoms with E-state index in [9.17, 15) is 0 Å². The van der Waals surface area contributed by atoms with Gasteiger partial charge in [0.25, 0.3) is 0 Å². The Hall–Kier alpha value is -0.610. The molecule has 0 bridgehead atoms. The van der Waals surface area contributed by atoms with Crippen molar-refractivity contribution in [2.24, 2.45) is 5.92 Å². The molecule has 1 aromatic heterocycles. The summed E-state index contributed by atoms with van der Waals surface area (Å²) >= 11 is 5.13. The molecule has 3 nitrogen and oxygen atoms in total. The number of hydrogen-bond acceptors (Lipinski definition) is 2. The van der Waals surface area contributed by atoms with Gasteiger partial charge in [-0.3, -0.25) is 0 Å². The number of hydrogen-bond donors (Lipinski definition) is 2. The van der Waals surface area contributed by atoms with Gasteiger partial charge in [0.2, 0.25) is 0 Å². The first-order valence-electron chi connectivity index (χ1n) is 4.47. The topological polar surface area (TPSA) is 41.0 Å². The molecule has 1 aromatic rings. The molecule has 4 heteroatoms. The van der Waals surface area contributed by atoms with Crippen LogP contribution < -0.4 is 0 Å². The largest absolute Gasteiger partial charge is 0.390 e. The number of nitrogens with zero attached hydrogens (tertiary/aromatic N) is 1. The zero-order valence-electron chi connectivity index (χ0n) is 8.24. The highest BCUT2D eigenvalue weighted by Gasteiger charge is 2.13. The summed E-state index contributed by atoms with van der Waals surface area (Å²) in [5, 5.41) is 9.08. The van der Waals surface area contributed by atoms with Crippen LogP contribution in [0, 0.1) is 10.7 Å². The Bertz CT molecular complexity index is 327. The van der Waals surface area contributed by atoms with Gasteiger partial charge in [0.1, 0.15) is 0 Å². The van der Waals surface area contributed by atoms with Gasteiger partial charge < -0.3 is 14.7 Å². The molecule has 0 aliphatic rings. The van der Waals surface area contributed by atoms with Crippen molar-refractivity contribution >= 4 is 12.2 Å². The monoisotopic (exact) mass is 200 g/mol. The van der Waals surface area contributed by atoms with Crippen molar-refractivity contribution in [1.82, 2.24) is 9.55 Å². The van der Waals surface area contributed by atoms with Crippen LogP contribution in [0.2, 0.25) is 0 Å². The fraction of sp³-hybridized carbons (Fsp3) is 0.667. The molecular formula is C9H16N2OS. The van der Waals surface area contributed by atoms with Gasteiger partial charge in [-0.15, -0.1) is 0 Å². The number of rotatable bonds is 3. The third-order valence-corrected chi connectivity index (χ3v) is 2.74. The molecule has 13 heavy (non-hydrogen) atoms. The molecule has 0 fully saturated rings. The number of aliphatic hydroxyl groups excluding tert-OH is 1. The van der Waals surface area contributed by atoms with Crippen LogP contribution in [0.25, 0.3) is 0 Å². The number of H-pyrrole nitrogens is 1. The van der Waals surface area contributed by atoms with Crippen LogP contribution in [0.3, 0.4) is 0 Å². The predicted molar refractivity (Wildman–Crippen MR) is 55.1 cm³/mol. The molecule has 0 saturated carbocycles. The highest BCUT2D eigenvalue weighted by molar-refractivity contribution is 7.71. The average Bonchev–Trinajstić information content (AvgIpc) is 2.45. The Kier molecular flexibility index (Phi) is 3.27. The summed E-state index contributed by atoms with van der Waals surface area (Å²) in [7, 11) is 0. The van der Waals surface area contributed by atoms with Crippen LogP contribution in [0.5, 0.6) is 0 Å². The molecule has 0 saturated heterocycles. The molecule has 0 radical (unpaired) electrons. The van der Waals surface area contributed by atoms with Gasteiger partial charge in [-0.1, -0.05) is 13.8 Å². The molecule has 1 heterocycles. The average molecular weight is 200 g/mol. The van der Waals surface area contributed by atoms with Gasteiger partial charge in [0.15, 0.2) is 4.77 Å². The molecule has 0 amide bonds. The molecule has 1 unspecified atom stereocenters. The first-order valence-corrected chi connectivity index (χ1v) is 4.88. The second kappa shape index (κ2) is 4.07. The van der Waals surface area contributed by atoms with E-state index in [1.807, 2.05) is 4.57 Å². The normalized spacial score (nSPS) is 13.6. The van der Waals surface area contributed by atoms with Crippen molar-refractivity contribution in [2.75, 3.05) is 0 Å². The Morgan fingerprint density at radius 1 is 1.54 bits per heavy atom. The van der Waals surface area contributed by atoms with Crippen LogP contribution in [-0.2, 0) is 6.61 Å². The lowest BCUT2D eigenvalue weighted by Gasteiger charge is -2.19. The molecule has 2 N–H and O–H groups in total. The number of aromatic nitrogens is 2. The standard InChI is InChI=1S/C9H16N2OS/c1-6(2)7(3)11-8(5-12)4-10-9(11)13/h4,6-7,12H,5H2,1-3H3,(H,10,13). The SMILES string of the molecule is CC(C)C(C)n1c(CO)c[nH]c1=S. The van der Waals surface area contributed by atoms with Gasteiger partial charge in [-0.2, -0.15) is 0 Å². The zero-order chi connectivity index (χ0) is 10.0. The van der Waals surface area contributed by atoms with Crippen LogP contribution in [-0.4, -0.2) is 14.7 Å². The summed E-state index contributed by atoms with van der Waals surface area (Å²) in [6, 6.07) is 0.320. The van der Waals surface area contributed by atoms with Gasteiger partial charge in [0.05, 0.1) is 12.3 Å². The first kappa shape index (κ1) is 10.5. The maximum Gasteiger partial charge on any atom is 0.177 e. The minimum Gasteiger partial charge on any atom is -0.390 e. The highest BCUT2D eigenvalue weighted by Crippen LogP contribution is 2.19. The molecule has 1 atom stereocenters. The van der Waals surface area contributed by atoms with Crippen molar-refractivity contribution < 1.29 is 5.11 Å². The van der Waals surface area contributed by atoms with Crippen molar-refractivity contribution in [3.63, 3.8) is 0 Å². The third kappa shape index (κ3) is 2.00. The molecule has 0 spiro atoms. The van der Waals surface area contributed by atoms with Crippen molar-refractivity contribution in [3.05, 3.63) is 16.7 Å². The second-order valence-electron chi connectivity index (χ2n) is 3.60. The van der Waals surface area contributed by atoms with Gasteiger partial charge in [0, 0.05) is 12.2 Å². The maximum absolute atomic E-state index is 9.08. The van der Waals surface area contributed by atoms with Crippen LogP contribution >= 0.6 is 12.2 Å².